The lowest BCUT2D eigenvalue weighted by atomic mass is 10.1. The molecule has 0 unspecified atom stereocenters. The van der Waals surface area contributed by atoms with Crippen LogP contribution in [0.4, 0.5) is 5.69 Å². The fourth-order valence-electron chi connectivity index (χ4n) is 2.81. The predicted molar refractivity (Wildman–Crippen MR) is 114 cm³/mol. The average Bonchev–Trinajstić information content (AvgIpc) is 3.07. The number of amides is 2. The minimum Gasteiger partial charge on any atom is -0.342 e. The molecule has 150 valence electrons. The lowest BCUT2D eigenvalue weighted by Crippen LogP contribution is -2.28. The van der Waals surface area contributed by atoms with E-state index in [1.165, 1.54) is 11.8 Å². The zero-order chi connectivity index (χ0) is 20.8. The number of hydrogen-bond donors (Lipinski definition) is 2. The number of rotatable bonds is 7. The highest BCUT2D eigenvalue weighted by Crippen LogP contribution is 2.20. The van der Waals surface area contributed by atoms with Crippen LogP contribution in [0, 0.1) is 6.92 Å². The Labute approximate surface area is 173 Å². The number of benzene rings is 2. The fourth-order valence-corrected chi connectivity index (χ4v) is 3.53. The third-order valence-electron chi connectivity index (χ3n) is 4.27. The molecule has 2 N–H and O–H groups in total. The first-order chi connectivity index (χ1) is 13.9. The van der Waals surface area contributed by atoms with Crippen molar-refractivity contribution in [2.24, 2.45) is 7.05 Å². The van der Waals surface area contributed by atoms with Crippen molar-refractivity contribution >= 4 is 29.3 Å². The van der Waals surface area contributed by atoms with Crippen molar-refractivity contribution in [3.05, 3.63) is 71.5 Å². The molecular formula is C21H23N5O2S. The summed E-state index contributed by atoms with van der Waals surface area (Å²) in [6.45, 7) is 3.80. The number of thioether (sulfide) groups is 1. The molecule has 3 aromatic rings. The minimum atomic E-state index is -0.326. The van der Waals surface area contributed by atoms with E-state index in [4.69, 9.17) is 0 Å². The molecule has 0 aliphatic carbocycles. The Morgan fingerprint density at radius 1 is 1.10 bits per heavy atom. The van der Waals surface area contributed by atoms with Gasteiger partial charge in [0.2, 0.25) is 5.91 Å². The molecule has 0 aliphatic heterocycles. The van der Waals surface area contributed by atoms with Crippen molar-refractivity contribution in [2.75, 3.05) is 11.1 Å². The Balaban J connectivity index is 1.58. The summed E-state index contributed by atoms with van der Waals surface area (Å²) in [6.07, 6.45) is 0. The largest absolute Gasteiger partial charge is 0.342 e. The van der Waals surface area contributed by atoms with Gasteiger partial charge in [-0.1, -0.05) is 47.7 Å². The smallest absolute Gasteiger partial charge is 0.251 e. The van der Waals surface area contributed by atoms with E-state index in [0.29, 0.717) is 16.5 Å². The second-order valence-corrected chi connectivity index (χ2v) is 7.61. The van der Waals surface area contributed by atoms with Crippen molar-refractivity contribution in [2.45, 2.75) is 25.0 Å². The van der Waals surface area contributed by atoms with Crippen LogP contribution in [0.25, 0.3) is 0 Å². The van der Waals surface area contributed by atoms with Gasteiger partial charge >= 0.3 is 0 Å². The first kappa shape index (κ1) is 20.6. The van der Waals surface area contributed by atoms with Gasteiger partial charge in [-0.15, -0.1) is 10.2 Å². The Hall–Kier alpha value is -3.13. The SMILES string of the molecule is Cc1cccc(C(=O)N[C@H](C)c2nnc(SCC(=O)Nc3ccccc3)n2C)c1. The normalized spacial score (nSPS) is 11.7. The topological polar surface area (TPSA) is 88.9 Å². The van der Waals surface area contributed by atoms with E-state index in [0.717, 1.165) is 11.3 Å². The van der Waals surface area contributed by atoms with E-state index in [2.05, 4.69) is 20.8 Å². The first-order valence-corrected chi connectivity index (χ1v) is 10.2. The Bertz CT molecular complexity index is 1000. The van der Waals surface area contributed by atoms with Gasteiger partial charge in [-0.05, 0) is 38.1 Å². The highest BCUT2D eigenvalue weighted by molar-refractivity contribution is 7.99. The number of carbonyl (C=O) groups excluding carboxylic acids is 2. The third kappa shape index (κ3) is 5.45. The monoisotopic (exact) mass is 409 g/mol. The molecule has 0 aliphatic rings. The molecule has 1 atom stereocenters. The summed E-state index contributed by atoms with van der Waals surface area (Å²) in [5, 5.41) is 14.7. The fraction of sp³-hybridized carbons (Fsp3) is 0.238. The van der Waals surface area contributed by atoms with Gasteiger partial charge in [0, 0.05) is 18.3 Å². The van der Waals surface area contributed by atoms with Crippen molar-refractivity contribution < 1.29 is 9.59 Å². The molecule has 29 heavy (non-hydrogen) atoms. The molecule has 0 saturated heterocycles. The quantitative estimate of drug-likeness (QED) is 0.584. The second kappa shape index (κ2) is 9.38. The maximum absolute atomic E-state index is 12.5. The van der Waals surface area contributed by atoms with Crippen LogP contribution in [0.5, 0.6) is 0 Å². The molecule has 7 nitrogen and oxygen atoms in total. The maximum Gasteiger partial charge on any atom is 0.251 e. The number of carbonyl (C=O) groups is 2. The van der Waals surface area contributed by atoms with Gasteiger partial charge in [0.15, 0.2) is 11.0 Å². The van der Waals surface area contributed by atoms with E-state index in [1.54, 1.807) is 10.6 Å². The number of nitrogens with zero attached hydrogens (tertiary/aromatic N) is 3. The Kier molecular flexibility index (Phi) is 6.66. The number of anilines is 1. The van der Waals surface area contributed by atoms with Crippen LogP contribution in [0.1, 0.15) is 34.7 Å². The Morgan fingerprint density at radius 3 is 2.59 bits per heavy atom. The third-order valence-corrected chi connectivity index (χ3v) is 5.29. The lowest BCUT2D eigenvalue weighted by Gasteiger charge is -2.14. The van der Waals surface area contributed by atoms with E-state index < -0.39 is 0 Å². The molecule has 8 heteroatoms. The summed E-state index contributed by atoms with van der Waals surface area (Å²) in [7, 11) is 1.82. The number of nitrogens with one attached hydrogen (secondary N) is 2. The van der Waals surface area contributed by atoms with Crippen LogP contribution in [0.15, 0.2) is 59.8 Å². The standard InChI is InChI=1S/C21H23N5O2S/c1-14-8-7-9-16(12-14)20(28)22-15(2)19-24-25-21(26(19)3)29-13-18(27)23-17-10-5-4-6-11-17/h4-12,15H,13H2,1-3H3,(H,22,28)(H,23,27)/t15-/m1/s1. The van der Waals surface area contributed by atoms with Crippen LogP contribution >= 0.6 is 11.8 Å². The van der Waals surface area contributed by atoms with Crippen molar-refractivity contribution in [1.29, 1.82) is 0 Å². The summed E-state index contributed by atoms with van der Waals surface area (Å²) < 4.78 is 1.79. The van der Waals surface area contributed by atoms with Crippen molar-refractivity contribution in [1.82, 2.24) is 20.1 Å². The molecular weight excluding hydrogens is 386 g/mol. The van der Waals surface area contributed by atoms with E-state index in [1.807, 2.05) is 69.4 Å². The molecule has 0 bridgehead atoms. The average molecular weight is 410 g/mol. The van der Waals surface area contributed by atoms with Crippen molar-refractivity contribution in [3.8, 4) is 0 Å². The van der Waals surface area contributed by atoms with E-state index in [-0.39, 0.29) is 23.6 Å². The summed E-state index contributed by atoms with van der Waals surface area (Å²) in [4.78, 5) is 24.6. The number of aromatic nitrogens is 3. The van der Waals surface area contributed by atoms with Crippen LogP contribution in [-0.2, 0) is 11.8 Å². The molecule has 0 radical (unpaired) electrons. The van der Waals surface area contributed by atoms with Gasteiger partial charge in [-0.25, -0.2) is 0 Å². The summed E-state index contributed by atoms with van der Waals surface area (Å²) in [6, 6.07) is 16.4. The summed E-state index contributed by atoms with van der Waals surface area (Å²) in [5.74, 6) is 0.550. The van der Waals surface area contributed by atoms with Crippen LogP contribution in [0.3, 0.4) is 0 Å². The van der Waals surface area contributed by atoms with Gasteiger partial charge in [-0.3, -0.25) is 9.59 Å². The number of para-hydroxylation sites is 1. The molecule has 2 amide bonds. The predicted octanol–water partition coefficient (Wildman–Crippen LogP) is 3.35. The molecule has 0 saturated carbocycles. The number of hydrogen-bond acceptors (Lipinski definition) is 5. The highest BCUT2D eigenvalue weighted by atomic mass is 32.2. The number of aryl methyl sites for hydroxylation is 1. The molecule has 1 heterocycles. The van der Waals surface area contributed by atoms with Gasteiger partial charge in [0.1, 0.15) is 0 Å². The first-order valence-electron chi connectivity index (χ1n) is 9.18. The summed E-state index contributed by atoms with van der Waals surface area (Å²) >= 11 is 1.29. The van der Waals surface area contributed by atoms with E-state index in [9.17, 15) is 9.59 Å². The Morgan fingerprint density at radius 2 is 1.86 bits per heavy atom. The molecule has 3 rings (SSSR count). The molecule has 1 aromatic heterocycles. The second-order valence-electron chi connectivity index (χ2n) is 6.67. The highest BCUT2D eigenvalue weighted by Gasteiger charge is 2.19. The molecule has 0 spiro atoms. The minimum absolute atomic E-state index is 0.119. The lowest BCUT2D eigenvalue weighted by molar-refractivity contribution is -0.113. The van der Waals surface area contributed by atoms with Gasteiger partial charge in [0.25, 0.3) is 5.91 Å². The van der Waals surface area contributed by atoms with Crippen molar-refractivity contribution in [3.63, 3.8) is 0 Å². The van der Waals surface area contributed by atoms with Crippen LogP contribution in [0.2, 0.25) is 0 Å². The zero-order valence-electron chi connectivity index (χ0n) is 16.5. The van der Waals surface area contributed by atoms with Gasteiger partial charge < -0.3 is 15.2 Å². The summed E-state index contributed by atoms with van der Waals surface area (Å²) in [5.41, 5.74) is 2.38. The van der Waals surface area contributed by atoms with Gasteiger partial charge in [0.05, 0.1) is 11.8 Å². The molecule has 2 aromatic carbocycles. The molecule has 0 fully saturated rings. The van der Waals surface area contributed by atoms with Gasteiger partial charge in [-0.2, -0.15) is 0 Å². The van der Waals surface area contributed by atoms with Crippen LogP contribution < -0.4 is 10.6 Å². The van der Waals surface area contributed by atoms with Crippen LogP contribution in [-0.4, -0.2) is 32.3 Å². The zero-order valence-corrected chi connectivity index (χ0v) is 17.4. The van der Waals surface area contributed by atoms with E-state index >= 15 is 0 Å². The maximum atomic E-state index is 12.5.